The molecule has 2 heterocycles. The summed E-state index contributed by atoms with van der Waals surface area (Å²) < 4.78 is 5.06. The van der Waals surface area contributed by atoms with Crippen molar-refractivity contribution in [3.8, 4) is 16.8 Å². The molecule has 0 N–H and O–H groups in total. The first-order valence-corrected chi connectivity index (χ1v) is 16.1. The van der Waals surface area contributed by atoms with Crippen LogP contribution in [-0.2, 0) is 0 Å². The Bertz CT molecular complexity index is 2470. The summed E-state index contributed by atoms with van der Waals surface area (Å²) in [5.74, 6) is 0. The molecule has 0 atom stereocenters. The zero-order valence-corrected chi connectivity index (χ0v) is 25.3. The summed E-state index contributed by atoms with van der Waals surface area (Å²) in [7, 11) is 0. The molecule has 9 rings (SSSR count). The van der Waals surface area contributed by atoms with E-state index in [2.05, 4.69) is 179 Å². The van der Waals surface area contributed by atoms with Gasteiger partial charge in [0.2, 0.25) is 0 Å². The zero-order valence-electron chi connectivity index (χ0n) is 24.5. The predicted molar refractivity (Wildman–Crippen MR) is 194 cm³/mol. The van der Waals surface area contributed by atoms with Gasteiger partial charge in [0.25, 0.3) is 0 Å². The Morgan fingerprint density at radius 2 is 1.09 bits per heavy atom. The molecular weight excluding hydrogens is 565 g/mol. The van der Waals surface area contributed by atoms with Crippen LogP contribution < -0.4 is 4.90 Å². The number of anilines is 3. The number of aromatic nitrogens is 1. The summed E-state index contributed by atoms with van der Waals surface area (Å²) in [6.07, 6.45) is 0. The highest BCUT2D eigenvalue weighted by Gasteiger charge is 2.24. The number of rotatable bonds is 5. The highest BCUT2D eigenvalue weighted by atomic mass is 32.1. The molecule has 0 amide bonds. The minimum absolute atomic E-state index is 1.12. The van der Waals surface area contributed by atoms with Crippen LogP contribution in [0.1, 0.15) is 0 Å². The fraction of sp³-hybridized carbons (Fsp3) is 0. The molecule has 0 aliphatic heterocycles. The van der Waals surface area contributed by atoms with Gasteiger partial charge in [-0.05, 0) is 66.2 Å². The Hall–Kier alpha value is -5.64. The fourth-order valence-corrected chi connectivity index (χ4v) is 7.91. The van der Waals surface area contributed by atoms with E-state index in [-0.39, 0.29) is 0 Å². The molecular formula is C42H28N2S. The van der Waals surface area contributed by atoms with E-state index >= 15 is 0 Å². The van der Waals surface area contributed by atoms with Crippen molar-refractivity contribution in [1.29, 1.82) is 0 Å². The van der Waals surface area contributed by atoms with Crippen molar-refractivity contribution in [2.24, 2.45) is 0 Å². The lowest BCUT2D eigenvalue weighted by Crippen LogP contribution is -2.11. The maximum Gasteiger partial charge on any atom is 0.0640 e. The topological polar surface area (TPSA) is 8.17 Å². The van der Waals surface area contributed by atoms with Gasteiger partial charge in [-0.25, -0.2) is 0 Å². The summed E-state index contributed by atoms with van der Waals surface area (Å²) >= 11 is 1.86. The van der Waals surface area contributed by atoms with Gasteiger partial charge in [0.1, 0.15) is 0 Å². The number of benzene rings is 7. The van der Waals surface area contributed by atoms with E-state index in [1.807, 2.05) is 11.3 Å². The van der Waals surface area contributed by atoms with Crippen molar-refractivity contribution in [2.45, 2.75) is 0 Å². The Morgan fingerprint density at radius 1 is 0.444 bits per heavy atom. The number of hydrogen-bond donors (Lipinski definition) is 0. The van der Waals surface area contributed by atoms with Crippen LogP contribution in [0, 0.1) is 0 Å². The smallest absolute Gasteiger partial charge is 0.0640 e. The first-order chi connectivity index (χ1) is 22.3. The van der Waals surface area contributed by atoms with Crippen molar-refractivity contribution in [3.63, 3.8) is 0 Å². The van der Waals surface area contributed by atoms with E-state index in [1.165, 1.54) is 53.1 Å². The largest absolute Gasteiger partial charge is 0.310 e. The molecule has 2 nitrogen and oxygen atoms in total. The number of para-hydroxylation sites is 3. The second-order valence-corrected chi connectivity index (χ2v) is 12.4. The van der Waals surface area contributed by atoms with Crippen LogP contribution in [0.15, 0.2) is 170 Å². The number of nitrogens with zero attached hydrogens (tertiary/aromatic N) is 2. The van der Waals surface area contributed by atoms with Crippen LogP contribution >= 0.6 is 11.3 Å². The third-order valence-corrected chi connectivity index (χ3v) is 9.92. The van der Waals surface area contributed by atoms with E-state index in [1.54, 1.807) is 0 Å². The summed E-state index contributed by atoms with van der Waals surface area (Å²) in [5.41, 5.74) is 9.33. The quantitative estimate of drug-likeness (QED) is 0.193. The summed E-state index contributed by atoms with van der Waals surface area (Å²) in [4.78, 5) is 2.43. The molecule has 0 saturated heterocycles. The lowest BCUT2D eigenvalue weighted by Gasteiger charge is -2.29. The SMILES string of the molecule is c1ccc(-c2c(N(c3ccccc3)c3ccc4sc5ccccc5c4c3)ccc3c4ccccc4n(-c4ccccc4)c23)cc1. The Morgan fingerprint density at radius 3 is 1.89 bits per heavy atom. The van der Waals surface area contributed by atoms with E-state index < -0.39 is 0 Å². The van der Waals surface area contributed by atoms with Gasteiger partial charge >= 0.3 is 0 Å². The molecule has 0 aliphatic rings. The van der Waals surface area contributed by atoms with Crippen LogP contribution in [0.4, 0.5) is 17.1 Å². The lowest BCUT2D eigenvalue weighted by atomic mass is 9.98. The lowest BCUT2D eigenvalue weighted by molar-refractivity contribution is 1.18. The minimum Gasteiger partial charge on any atom is -0.310 e. The van der Waals surface area contributed by atoms with E-state index in [4.69, 9.17) is 0 Å². The van der Waals surface area contributed by atoms with Crippen LogP contribution in [0.3, 0.4) is 0 Å². The molecule has 0 spiro atoms. The summed E-state index contributed by atoms with van der Waals surface area (Å²) in [5, 5.41) is 5.08. The predicted octanol–water partition coefficient (Wildman–Crippen LogP) is 12.3. The van der Waals surface area contributed by atoms with Crippen molar-refractivity contribution < 1.29 is 0 Å². The highest BCUT2D eigenvalue weighted by molar-refractivity contribution is 7.25. The van der Waals surface area contributed by atoms with Gasteiger partial charge < -0.3 is 9.47 Å². The van der Waals surface area contributed by atoms with Crippen molar-refractivity contribution in [2.75, 3.05) is 4.90 Å². The molecule has 0 fully saturated rings. The normalized spacial score (nSPS) is 11.6. The van der Waals surface area contributed by atoms with Crippen LogP contribution in [-0.4, -0.2) is 4.57 Å². The second kappa shape index (κ2) is 10.5. The van der Waals surface area contributed by atoms with Crippen LogP contribution in [0.25, 0.3) is 58.8 Å². The Labute approximate surface area is 265 Å². The molecule has 0 unspecified atom stereocenters. The van der Waals surface area contributed by atoms with E-state index in [0.29, 0.717) is 0 Å². The third-order valence-electron chi connectivity index (χ3n) is 8.77. The van der Waals surface area contributed by atoms with E-state index in [0.717, 1.165) is 22.7 Å². The molecule has 9 aromatic rings. The zero-order chi connectivity index (χ0) is 29.7. The van der Waals surface area contributed by atoms with Gasteiger partial charge in [-0.2, -0.15) is 0 Å². The molecule has 3 heteroatoms. The highest BCUT2D eigenvalue weighted by Crippen LogP contribution is 2.48. The molecule has 45 heavy (non-hydrogen) atoms. The second-order valence-electron chi connectivity index (χ2n) is 11.4. The van der Waals surface area contributed by atoms with Crippen molar-refractivity contribution in [3.05, 3.63) is 170 Å². The molecule has 7 aromatic carbocycles. The maximum atomic E-state index is 2.44. The van der Waals surface area contributed by atoms with Gasteiger partial charge in [-0.1, -0.05) is 109 Å². The Balaban J connectivity index is 1.42. The Kier molecular flexibility index (Phi) is 6.03. The van der Waals surface area contributed by atoms with Gasteiger partial charge in [-0.15, -0.1) is 11.3 Å². The summed E-state index contributed by atoms with van der Waals surface area (Å²) in [6, 6.07) is 61.4. The first-order valence-electron chi connectivity index (χ1n) is 15.3. The average Bonchev–Trinajstić information content (AvgIpc) is 3.65. The number of hydrogen-bond acceptors (Lipinski definition) is 2. The average molecular weight is 593 g/mol. The monoisotopic (exact) mass is 592 g/mol. The van der Waals surface area contributed by atoms with Gasteiger partial charge in [0.05, 0.1) is 16.7 Å². The molecule has 2 aromatic heterocycles. The van der Waals surface area contributed by atoms with Gasteiger partial charge in [0, 0.05) is 53.6 Å². The summed E-state index contributed by atoms with van der Waals surface area (Å²) in [6.45, 7) is 0. The maximum absolute atomic E-state index is 2.44. The van der Waals surface area contributed by atoms with Crippen molar-refractivity contribution in [1.82, 2.24) is 4.57 Å². The van der Waals surface area contributed by atoms with Gasteiger partial charge in [0.15, 0.2) is 0 Å². The van der Waals surface area contributed by atoms with Gasteiger partial charge in [-0.3, -0.25) is 0 Å². The minimum atomic E-state index is 1.12. The fourth-order valence-electron chi connectivity index (χ4n) is 6.83. The first kappa shape index (κ1) is 25.8. The third kappa shape index (κ3) is 4.16. The van der Waals surface area contributed by atoms with Crippen LogP contribution in [0.2, 0.25) is 0 Å². The molecule has 0 saturated carbocycles. The van der Waals surface area contributed by atoms with E-state index in [9.17, 15) is 0 Å². The number of fused-ring (bicyclic) bond motifs is 6. The standard InChI is InChI=1S/C42H28N2S/c1-4-14-29(15-5-1)41-38(26-25-35-33-20-10-12-22-37(33)44(42(35)41)31-18-8-3-9-19-31)43(30-16-6-2-7-17-30)32-24-27-40-36(28-32)34-21-11-13-23-39(34)45-40/h1-28H. The number of thiophene rings is 1. The molecule has 0 bridgehead atoms. The van der Waals surface area contributed by atoms with Crippen molar-refractivity contribution >= 4 is 70.4 Å². The van der Waals surface area contributed by atoms with Crippen LogP contribution in [0.5, 0.6) is 0 Å². The molecule has 0 aliphatic carbocycles. The molecule has 0 radical (unpaired) electrons. The molecule has 212 valence electrons.